The van der Waals surface area contributed by atoms with E-state index in [1.54, 1.807) is 13.8 Å². The molecule has 0 saturated carbocycles. The summed E-state index contributed by atoms with van der Waals surface area (Å²) >= 11 is 0. The van der Waals surface area contributed by atoms with Crippen LogP contribution in [0.5, 0.6) is 0 Å². The highest BCUT2D eigenvalue weighted by Gasteiger charge is 2.34. The van der Waals surface area contributed by atoms with Gasteiger partial charge in [0.1, 0.15) is 5.69 Å². The Morgan fingerprint density at radius 3 is 2.31 bits per heavy atom. The molecule has 0 amide bonds. The summed E-state index contributed by atoms with van der Waals surface area (Å²) in [6.45, 7) is 3.37. The summed E-state index contributed by atoms with van der Waals surface area (Å²) in [5.74, 6) is -0.262. The molecule has 1 rings (SSSR count). The first-order chi connectivity index (χ1) is 7.16. The SMILES string of the molecule is CC(C)c1nn(C)c(S(N)(=O)=O)c1[N+](=O)[O-]. The Morgan fingerprint density at radius 1 is 1.50 bits per heavy atom. The van der Waals surface area contributed by atoms with E-state index in [9.17, 15) is 18.5 Å². The minimum Gasteiger partial charge on any atom is -0.258 e. The van der Waals surface area contributed by atoms with Crippen molar-refractivity contribution < 1.29 is 13.3 Å². The van der Waals surface area contributed by atoms with Gasteiger partial charge in [0.2, 0.25) is 5.03 Å². The van der Waals surface area contributed by atoms with Crippen LogP contribution < -0.4 is 5.14 Å². The lowest BCUT2D eigenvalue weighted by Crippen LogP contribution is -2.17. The van der Waals surface area contributed by atoms with E-state index in [0.717, 1.165) is 4.68 Å². The number of rotatable bonds is 3. The Bertz CT molecular complexity index is 531. The third-order valence-electron chi connectivity index (χ3n) is 2.00. The molecule has 0 aliphatic heterocycles. The van der Waals surface area contributed by atoms with Gasteiger partial charge in [0, 0.05) is 13.0 Å². The topological polar surface area (TPSA) is 121 Å². The minimum absolute atomic E-state index is 0.108. The van der Waals surface area contributed by atoms with Gasteiger partial charge in [-0.3, -0.25) is 10.1 Å². The van der Waals surface area contributed by atoms with Crippen molar-refractivity contribution in [2.75, 3.05) is 0 Å². The van der Waals surface area contributed by atoms with Gasteiger partial charge >= 0.3 is 5.69 Å². The van der Waals surface area contributed by atoms with Crippen LogP contribution in [-0.2, 0) is 17.1 Å². The lowest BCUT2D eigenvalue weighted by Gasteiger charge is -1.98. The van der Waals surface area contributed by atoms with E-state index < -0.39 is 25.7 Å². The highest BCUT2D eigenvalue weighted by Crippen LogP contribution is 2.31. The number of sulfonamides is 1. The lowest BCUT2D eigenvalue weighted by atomic mass is 10.1. The maximum Gasteiger partial charge on any atom is 0.330 e. The summed E-state index contributed by atoms with van der Waals surface area (Å²) in [5, 5.41) is 19.0. The first-order valence-corrected chi connectivity index (χ1v) is 5.95. The second-order valence-corrected chi connectivity index (χ2v) is 5.10. The number of aromatic nitrogens is 2. The van der Waals surface area contributed by atoms with Crippen molar-refractivity contribution in [3.63, 3.8) is 0 Å². The molecule has 0 spiro atoms. The van der Waals surface area contributed by atoms with Crippen molar-refractivity contribution >= 4 is 15.7 Å². The number of aryl methyl sites for hydroxylation is 1. The van der Waals surface area contributed by atoms with Crippen LogP contribution in [0, 0.1) is 10.1 Å². The van der Waals surface area contributed by atoms with Crippen LogP contribution in [0.1, 0.15) is 25.5 Å². The molecule has 0 aliphatic rings. The van der Waals surface area contributed by atoms with Crippen LogP contribution in [0.15, 0.2) is 5.03 Å². The molecular formula is C7H12N4O4S. The lowest BCUT2D eigenvalue weighted by molar-refractivity contribution is -0.388. The molecule has 1 aromatic heterocycles. The van der Waals surface area contributed by atoms with Gasteiger partial charge in [-0.25, -0.2) is 18.2 Å². The summed E-state index contributed by atoms with van der Waals surface area (Å²) in [7, 11) is -2.86. The second kappa shape index (κ2) is 3.83. The van der Waals surface area contributed by atoms with Gasteiger partial charge in [-0.05, 0) is 0 Å². The zero-order chi connectivity index (χ0) is 12.7. The standard InChI is InChI=1S/C7H12N4O4S/c1-4(2)5-6(11(12)13)7(10(3)9-5)16(8,14)15/h4H,1-3H3,(H2,8,14,15). The molecule has 0 aromatic carbocycles. The van der Waals surface area contributed by atoms with Crippen molar-refractivity contribution in [2.45, 2.75) is 24.8 Å². The maximum atomic E-state index is 11.2. The third kappa shape index (κ3) is 2.04. The number of hydrogen-bond donors (Lipinski definition) is 1. The zero-order valence-electron chi connectivity index (χ0n) is 9.04. The Kier molecular flexibility index (Phi) is 3.01. The van der Waals surface area contributed by atoms with Crippen LogP contribution in [0.4, 0.5) is 5.69 Å². The molecular weight excluding hydrogens is 236 g/mol. The van der Waals surface area contributed by atoms with E-state index in [0.29, 0.717) is 0 Å². The Hall–Kier alpha value is -1.48. The number of hydrogen-bond acceptors (Lipinski definition) is 5. The highest BCUT2D eigenvalue weighted by atomic mass is 32.2. The van der Waals surface area contributed by atoms with Crippen LogP contribution in [0.25, 0.3) is 0 Å². The predicted molar refractivity (Wildman–Crippen MR) is 55.3 cm³/mol. The largest absolute Gasteiger partial charge is 0.330 e. The van der Waals surface area contributed by atoms with Crippen molar-refractivity contribution in [2.24, 2.45) is 12.2 Å². The van der Waals surface area contributed by atoms with Crippen LogP contribution >= 0.6 is 0 Å². The fourth-order valence-corrected chi connectivity index (χ4v) is 2.25. The molecule has 2 N–H and O–H groups in total. The maximum absolute atomic E-state index is 11.2. The quantitative estimate of drug-likeness (QED) is 0.600. The van der Waals surface area contributed by atoms with Crippen LogP contribution in [0.2, 0.25) is 0 Å². The van der Waals surface area contributed by atoms with Gasteiger partial charge in [-0.1, -0.05) is 13.8 Å². The molecule has 0 bridgehead atoms. The third-order valence-corrected chi connectivity index (χ3v) is 2.99. The fourth-order valence-electron chi connectivity index (χ4n) is 1.40. The number of nitro groups is 1. The molecule has 8 nitrogen and oxygen atoms in total. The average molecular weight is 248 g/mol. The molecule has 0 saturated heterocycles. The summed E-state index contributed by atoms with van der Waals surface area (Å²) in [6.07, 6.45) is 0. The molecule has 16 heavy (non-hydrogen) atoms. The first-order valence-electron chi connectivity index (χ1n) is 4.40. The zero-order valence-corrected chi connectivity index (χ0v) is 9.85. The molecule has 0 fully saturated rings. The predicted octanol–water partition coefficient (Wildman–Crippen LogP) is 0.0991. The summed E-state index contributed by atoms with van der Waals surface area (Å²) in [5.41, 5.74) is -0.434. The first kappa shape index (κ1) is 12.6. The van der Waals surface area contributed by atoms with Crippen LogP contribution in [-0.4, -0.2) is 23.1 Å². The molecule has 0 atom stereocenters. The van der Waals surface area contributed by atoms with E-state index in [-0.39, 0.29) is 11.6 Å². The van der Waals surface area contributed by atoms with E-state index in [1.807, 2.05) is 0 Å². The van der Waals surface area contributed by atoms with E-state index in [1.165, 1.54) is 7.05 Å². The Morgan fingerprint density at radius 2 is 2.00 bits per heavy atom. The van der Waals surface area contributed by atoms with Crippen molar-refractivity contribution in [1.82, 2.24) is 9.78 Å². The molecule has 0 radical (unpaired) electrons. The number of nitrogens with zero attached hydrogens (tertiary/aromatic N) is 3. The molecule has 1 aromatic rings. The van der Waals surface area contributed by atoms with Crippen molar-refractivity contribution in [1.29, 1.82) is 0 Å². The van der Waals surface area contributed by atoms with Crippen molar-refractivity contribution in [3.05, 3.63) is 15.8 Å². The van der Waals surface area contributed by atoms with Gasteiger partial charge < -0.3 is 0 Å². The van der Waals surface area contributed by atoms with Crippen molar-refractivity contribution in [3.8, 4) is 0 Å². The van der Waals surface area contributed by atoms with E-state index in [4.69, 9.17) is 5.14 Å². The minimum atomic E-state index is -4.16. The Labute approximate surface area is 92.3 Å². The normalized spacial score (nSPS) is 12.1. The van der Waals surface area contributed by atoms with Gasteiger partial charge in [-0.2, -0.15) is 5.10 Å². The fraction of sp³-hybridized carbons (Fsp3) is 0.571. The van der Waals surface area contributed by atoms with Gasteiger partial charge in [0.15, 0.2) is 0 Å². The smallest absolute Gasteiger partial charge is 0.258 e. The van der Waals surface area contributed by atoms with Gasteiger partial charge in [-0.15, -0.1) is 0 Å². The number of primary sulfonamides is 1. The highest BCUT2D eigenvalue weighted by molar-refractivity contribution is 7.89. The van der Waals surface area contributed by atoms with E-state index in [2.05, 4.69) is 5.10 Å². The summed E-state index contributed by atoms with van der Waals surface area (Å²) in [4.78, 5) is 10.1. The van der Waals surface area contributed by atoms with Crippen LogP contribution in [0.3, 0.4) is 0 Å². The molecule has 0 unspecified atom stereocenters. The average Bonchev–Trinajstić information content (AvgIpc) is 2.41. The van der Waals surface area contributed by atoms with Gasteiger partial charge in [0.25, 0.3) is 10.0 Å². The summed E-state index contributed by atoms with van der Waals surface area (Å²) < 4.78 is 23.4. The van der Waals surface area contributed by atoms with Gasteiger partial charge in [0.05, 0.1) is 4.92 Å². The summed E-state index contributed by atoms with van der Waals surface area (Å²) in [6, 6.07) is 0. The molecule has 0 aliphatic carbocycles. The molecule has 9 heteroatoms. The molecule has 1 heterocycles. The number of nitrogens with two attached hydrogens (primary N) is 1. The Balaban J connectivity index is 3.68. The van der Waals surface area contributed by atoms with E-state index >= 15 is 0 Å². The second-order valence-electron chi connectivity index (χ2n) is 3.62. The monoisotopic (exact) mass is 248 g/mol. The molecule has 90 valence electrons.